The Morgan fingerprint density at radius 1 is 1.12 bits per heavy atom. The predicted molar refractivity (Wildman–Crippen MR) is 130 cm³/mol. The Kier molecular flexibility index (Phi) is 6.45. The third-order valence-electron chi connectivity index (χ3n) is 4.58. The molecule has 2 aromatic carbocycles. The molecule has 1 amide bonds. The number of amides is 1. The maximum atomic E-state index is 14.6. The molecule has 2 aromatic heterocycles. The van der Waals surface area contributed by atoms with Crippen molar-refractivity contribution in [1.29, 1.82) is 0 Å². The summed E-state index contributed by atoms with van der Waals surface area (Å²) in [5.41, 5.74) is 2.77. The van der Waals surface area contributed by atoms with E-state index in [2.05, 4.69) is 53.5 Å². The zero-order chi connectivity index (χ0) is 23.4. The number of rotatable bonds is 7. The van der Waals surface area contributed by atoms with Crippen LogP contribution in [0.2, 0.25) is 0 Å². The first kappa shape index (κ1) is 22.2. The maximum Gasteiger partial charge on any atom is 0.247 e. The van der Waals surface area contributed by atoms with Crippen LogP contribution in [0.15, 0.2) is 78.2 Å². The van der Waals surface area contributed by atoms with Gasteiger partial charge in [-0.05, 0) is 42.0 Å². The fraction of sp³-hybridized carbons (Fsp3) is 0.0435. The Labute approximate surface area is 197 Å². The SMILES string of the molecule is C=CC(=O)Nc1ccc(F)c(Nc2nc(Nc3cnn(C)c3)ncc2-c2ccc(Br)cc2)c1. The predicted octanol–water partition coefficient (Wildman–Crippen LogP) is 5.39. The van der Waals surface area contributed by atoms with E-state index in [1.807, 2.05) is 24.3 Å². The van der Waals surface area contributed by atoms with Crippen LogP contribution in [0.4, 0.5) is 33.2 Å². The Balaban J connectivity index is 1.73. The summed E-state index contributed by atoms with van der Waals surface area (Å²) in [5, 5.41) is 12.9. The number of aryl methyl sites for hydroxylation is 1. The summed E-state index contributed by atoms with van der Waals surface area (Å²) >= 11 is 3.43. The van der Waals surface area contributed by atoms with Gasteiger partial charge >= 0.3 is 0 Å². The largest absolute Gasteiger partial charge is 0.337 e. The van der Waals surface area contributed by atoms with E-state index in [1.165, 1.54) is 18.2 Å². The van der Waals surface area contributed by atoms with Crippen LogP contribution in [0.5, 0.6) is 0 Å². The summed E-state index contributed by atoms with van der Waals surface area (Å²) in [6.07, 6.45) is 6.22. The molecule has 0 aliphatic heterocycles. The summed E-state index contributed by atoms with van der Waals surface area (Å²) < 4.78 is 17.2. The molecule has 8 nitrogen and oxygen atoms in total. The van der Waals surface area contributed by atoms with Crippen molar-refractivity contribution in [2.45, 2.75) is 0 Å². The summed E-state index contributed by atoms with van der Waals surface area (Å²) in [5.74, 6) is -0.213. The monoisotopic (exact) mass is 507 g/mol. The molecular weight excluding hydrogens is 489 g/mol. The van der Waals surface area contributed by atoms with E-state index >= 15 is 0 Å². The lowest BCUT2D eigenvalue weighted by Crippen LogP contribution is -2.08. The van der Waals surface area contributed by atoms with Crippen LogP contribution in [0.25, 0.3) is 11.1 Å². The first-order valence-corrected chi connectivity index (χ1v) is 10.6. The van der Waals surface area contributed by atoms with Gasteiger partial charge in [0, 0.05) is 35.2 Å². The number of anilines is 5. The molecule has 10 heteroatoms. The van der Waals surface area contributed by atoms with Gasteiger partial charge in [0.1, 0.15) is 11.6 Å². The van der Waals surface area contributed by atoms with Gasteiger partial charge in [0.25, 0.3) is 0 Å². The molecule has 0 radical (unpaired) electrons. The third kappa shape index (κ3) is 5.42. The molecule has 0 aliphatic rings. The Bertz CT molecular complexity index is 1320. The summed E-state index contributed by atoms with van der Waals surface area (Å²) in [6.45, 7) is 3.43. The molecule has 166 valence electrons. The summed E-state index contributed by atoms with van der Waals surface area (Å²) in [7, 11) is 1.80. The molecule has 0 spiro atoms. The lowest BCUT2D eigenvalue weighted by molar-refractivity contribution is -0.111. The number of hydrogen-bond donors (Lipinski definition) is 3. The van der Waals surface area contributed by atoms with Crippen LogP contribution in [0.3, 0.4) is 0 Å². The second-order valence-corrected chi connectivity index (χ2v) is 7.92. The van der Waals surface area contributed by atoms with Crippen molar-refractivity contribution in [2.75, 3.05) is 16.0 Å². The standard InChI is InChI=1S/C23H19BrFN7O/c1-3-21(33)28-16-8-9-19(25)20(10-16)30-22-18(14-4-6-15(24)7-5-14)12-26-23(31-22)29-17-11-27-32(2)13-17/h3-13H,1H2,2H3,(H,28,33)(H2,26,29,30,31). The van der Waals surface area contributed by atoms with E-state index in [0.717, 1.165) is 16.1 Å². The molecule has 0 aliphatic carbocycles. The highest BCUT2D eigenvalue weighted by atomic mass is 79.9. The summed E-state index contributed by atoms with van der Waals surface area (Å²) in [6, 6.07) is 11.8. The van der Waals surface area contributed by atoms with Gasteiger partial charge in [-0.1, -0.05) is 34.6 Å². The lowest BCUT2D eigenvalue weighted by Gasteiger charge is -2.14. The number of carbonyl (C=O) groups is 1. The molecule has 0 unspecified atom stereocenters. The van der Waals surface area contributed by atoms with Gasteiger partial charge in [0.15, 0.2) is 0 Å². The Hall–Kier alpha value is -4.05. The highest BCUT2D eigenvalue weighted by Gasteiger charge is 2.14. The average Bonchev–Trinajstić information content (AvgIpc) is 3.21. The van der Waals surface area contributed by atoms with Gasteiger partial charge in [-0.25, -0.2) is 9.37 Å². The van der Waals surface area contributed by atoms with Crippen LogP contribution >= 0.6 is 15.9 Å². The molecule has 0 fully saturated rings. The number of benzene rings is 2. The van der Waals surface area contributed by atoms with Crippen LogP contribution < -0.4 is 16.0 Å². The van der Waals surface area contributed by atoms with Gasteiger partial charge in [-0.3, -0.25) is 9.48 Å². The van der Waals surface area contributed by atoms with Gasteiger partial charge in [0.05, 0.1) is 17.6 Å². The number of nitrogens with one attached hydrogen (secondary N) is 3. The zero-order valence-electron chi connectivity index (χ0n) is 17.5. The van der Waals surface area contributed by atoms with Crippen molar-refractivity contribution in [3.63, 3.8) is 0 Å². The highest BCUT2D eigenvalue weighted by Crippen LogP contribution is 2.32. The number of nitrogens with zero attached hydrogens (tertiary/aromatic N) is 4. The van der Waals surface area contributed by atoms with Crippen LogP contribution in [-0.2, 0) is 11.8 Å². The molecule has 0 saturated heterocycles. The summed E-state index contributed by atoms with van der Waals surface area (Å²) in [4.78, 5) is 20.6. The lowest BCUT2D eigenvalue weighted by atomic mass is 10.1. The first-order chi connectivity index (χ1) is 15.9. The van der Waals surface area contributed by atoms with E-state index in [-0.39, 0.29) is 5.69 Å². The number of aromatic nitrogens is 4. The third-order valence-corrected chi connectivity index (χ3v) is 5.11. The van der Waals surface area contributed by atoms with Crippen molar-refractivity contribution < 1.29 is 9.18 Å². The maximum absolute atomic E-state index is 14.6. The molecule has 0 bridgehead atoms. The van der Waals surface area contributed by atoms with Gasteiger partial charge in [-0.2, -0.15) is 10.1 Å². The van der Waals surface area contributed by atoms with Gasteiger partial charge in [-0.15, -0.1) is 0 Å². The minimum atomic E-state index is -0.506. The molecule has 2 heterocycles. The molecule has 4 rings (SSSR count). The number of halogens is 2. The van der Waals surface area contributed by atoms with Crippen molar-refractivity contribution in [2.24, 2.45) is 7.05 Å². The normalized spacial score (nSPS) is 10.5. The molecular formula is C23H19BrFN7O. The smallest absolute Gasteiger partial charge is 0.247 e. The number of hydrogen-bond acceptors (Lipinski definition) is 6. The van der Waals surface area contributed by atoms with Crippen LogP contribution in [-0.4, -0.2) is 25.7 Å². The Morgan fingerprint density at radius 3 is 2.61 bits per heavy atom. The van der Waals surface area contributed by atoms with Crippen molar-refractivity contribution in [3.05, 3.63) is 84.0 Å². The van der Waals surface area contributed by atoms with Crippen LogP contribution in [0, 0.1) is 5.82 Å². The van der Waals surface area contributed by atoms with E-state index < -0.39 is 11.7 Å². The van der Waals surface area contributed by atoms with Crippen molar-refractivity contribution in [1.82, 2.24) is 19.7 Å². The minimum Gasteiger partial charge on any atom is -0.337 e. The number of carbonyl (C=O) groups excluding carboxylic acids is 1. The topological polar surface area (TPSA) is 96.8 Å². The second kappa shape index (κ2) is 9.61. The van der Waals surface area contributed by atoms with Crippen molar-refractivity contribution in [3.8, 4) is 11.1 Å². The second-order valence-electron chi connectivity index (χ2n) is 7.00. The Morgan fingerprint density at radius 2 is 1.91 bits per heavy atom. The fourth-order valence-electron chi connectivity index (χ4n) is 3.01. The van der Waals surface area contributed by atoms with Gasteiger partial charge < -0.3 is 16.0 Å². The molecule has 0 saturated carbocycles. The first-order valence-electron chi connectivity index (χ1n) is 9.80. The van der Waals surface area contributed by atoms with E-state index in [9.17, 15) is 9.18 Å². The average molecular weight is 508 g/mol. The zero-order valence-corrected chi connectivity index (χ0v) is 19.1. The molecule has 4 aromatic rings. The molecule has 33 heavy (non-hydrogen) atoms. The van der Waals surface area contributed by atoms with Crippen LogP contribution in [0.1, 0.15) is 0 Å². The minimum absolute atomic E-state index is 0.140. The highest BCUT2D eigenvalue weighted by molar-refractivity contribution is 9.10. The van der Waals surface area contributed by atoms with E-state index in [4.69, 9.17) is 0 Å². The quantitative estimate of drug-likeness (QED) is 0.290. The van der Waals surface area contributed by atoms with Crippen molar-refractivity contribution >= 4 is 50.7 Å². The molecule has 3 N–H and O–H groups in total. The van der Waals surface area contributed by atoms with Gasteiger partial charge in [0.2, 0.25) is 11.9 Å². The fourth-order valence-corrected chi connectivity index (χ4v) is 3.28. The molecule has 0 atom stereocenters. The van der Waals surface area contributed by atoms with E-state index in [0.29, 0.717) is 28.7 Å². The van der Waals surface area contributed by atoms with E-state index in [1.54, 1.807) is 30.3 Å².